The Bertz CT molecular complexity index is 924. The van der Waals surface area contributed by atoms with Crippen molar-refractivity contribution in [2.24, 2.45) is 17.8 Å². The first-order valence-corrected chi connectivity index (χ1v) is 19.6. The highest BCUT2D eigenvalue weighted by atomic mass is 32.2. The van der Waals surface area contributed by atoms with Gasteiger partial charge in [-0.15, -0.1) is 0 Å². The summed E-state index contributed by atoms with van der Waals surface area (Å²) in [5.74, 6) is 0.479. The van der Waals surface area contributed by atoms with E-state index in [1.54, 1.807) is 21.3 Å². The molecule has 12 heteroatoms. The number of nitrogens with zero attached hydrogens (tertiary/aromatic N) is 1. The molecule has 1 saturated heterocycles. The van der Waals surface area contributed by atoms with Crippen molar-refractivity contribution in [1.82, 2.24) is 10.4 Å². The topological polar surface area (TPSA) is 144 Å². The molecule has 0 aromatic rings. The summed E-state index contributed by atoms with van der Waals surface area (Å²) in [7, 11) is 1.67. The molecule has 272 valence electrons. The molecule has 46 heavy (non-hydrogen) atoms. The predicted octanol–water partition coefficient (Wildman–Crippen LogP) is 4.37. The summed E-state index contributed by atoms with van der Waals surface area (Å²) in [5, 5.41) is 22.7. The fourth-order valence-corrected chi connectivity index (χ4v) is 9.99. The lowest BCUT2D eigenvalue weighted by molar-refractivity contribution is -0.148. The third-order valence-electron chi connectivity index (χ3n) is 10.1. The SMILES string of the molecule is CCCCC1C(OCCCNC=O)CC(C2CCC([C@@H]3CC(O)C(OC)C(OC)C3)O2)CC1S(=O)(=O)CCC.CCCCN(C)O. The molecule has 3 rings (SSSR count). The zero-order valence-corrected chi connectivity index (χ0v) is 30.3. The van der Waals surface area contributed by atoms with E-state index in [0.29, 0.717) is 45.2 Å². The lowest BCUT2D eigenvalue weighted by Gasteiger charge is -2.44. The summed E-state index contributed by atoms with van der Waals surface area (Å²) < 4.78 is 51.3. The van der Waals surface area contributed by atoms with E-state index in [9.17, 15) is 18.3 Å². The standard InChI is InChI=1S/C29H53NO8S.C5H13NO/c1-5-7-9-22-26(37-13-8-12-30-19-31)16-21(18-28(22)39(33,34)14-6-2)25-11-10-24(38-25)20-15-23(32)29(36-4)27(17-20)35-3;1-3-4-5-6(2)7/h19-29,32H,5-18H2,1-4H3,(H,30,31);7H,3-5H2,1-2H3/t20-,21?,22?,23?,24?,25?,26?,27?,28?,29?;/m1./s1. The van der Waals surface area contributed by atoms with Crippen LogP contribution in [-0.4, -0.2) is 119 Å². The lowest BCUT2D eigenvalue weighted by Crippen LogP contribution is -2.49. The summed E-state index contributed by atoms with van der Waals surface area (Å²) in [6.07, 6.45) is 10.5. The number of unbranched alkanes of at least 4 members (excludes halogenated alkanes) is 2. The van der Waals surface area contributed by atoms with Gasteiger partial charge < -0.3 is 34.6 Å². The number of hydroxylamine groups is 2. The van der Waals surface area contributed by atoms with Crippen LogP contribution in [0.3, 0.4) is 0 Å². The molecule has 3 fully saturated rings. The number of aliphatic hydroxyl groups excluding tert-OH is 1. The molecule has 0 aromatic heterocycles. The number of hydrogen-bond donors (Lipinski definition) is 3. The summed E-state index contributed by atoms with van der Waals surface area (Å²) in [4.78, 5) is 10.6. The van der Waals surface area contributed by atoms with Crippen LogP contribution in [0.5, 0.6) is 0 Å². The summed E-state index contributed by atoms with van der Waals surface area (Å²) in [5.41, 5.74) is 0. The van der Waals surface area contributed by atoms with Gasteiger partial charge in [-0.25, -0.2) is 8.42 Å². The summed E-state index contributed by atoms with van der Waals surface area (Å²) >= 11 is 0. The van der Waals surface area contributed by atoms with Gasteiger partial charge in [0.15, 0.2) is 9.84 Å². The molecule has 9 unspecified atom stereocenters. The van der Waals surface area contributed by atoms with E-state index >= 15 is 0 Å². The number of methoxy groups -OCH3 is 2. The zero-order valence-electron chi connectivity index (χ0n) is 29.5. The molecule has 3 N–H and O–H groups in total. The number of carbonyl (C=O) groups is 1. The van der Waals surface area contributed by atoms with Crippen LogP contribution >= 0.6 is 0 Å². The largest absolute Gasteiger partial charge is 0.390 e. The third-order valence-corrected chi connectivity index (χ3v) is 12.6. The molecule has 3 aliphatic rings. The van der Waals surface area contributed by atoms with Gasteiger partial charge in [0, 0.05) is 46.9 Å². The van der Waals surface area contributed by atoms with Crippen LogP contribution in [-0.2, 0) is 33.6 Å². The highest BCUT2D eigenvalue weighted by Gasteiger charge is 2.49. The smallest absolute Gasteiger partial charge is 0.207 e. The Morgan fingerprint density at radius 3 is 2.11 bits per heavy atom. The van der Waals surface area contributed by atoms with E-state index < -0.39 is 21.2 Å². The van der Waals surface area contributed by atoms with Crippen LogP contribution in [0, 0.1) is 17.8 Å². The number of ether oxygens (including phenoxy) is 4. The minimum atomic E-state index is -3.27. The molecule has 1 amide bonds. The first-order chi connectivity index (χ1) is 22.1. The highest BCUT2D eigenvalue weighted by molar-refractivity contribution is 7.92. The Morgan fingerprint density at radius 2 is 1.57 bits per heavy atom. The van der Waals surface area contributed by atoms with Gasteiger partial charge in [-0.1, -0.05) is 40.0 Å². The molecule has 1 aliphatic heterocycles. The number of sulfone groups is 1. The predicted molar refractivity (Wildman–Crippen MR) is 180 cm³/mol. The van der Waals surface area contributed by atoms with Gasteiger partial charge in [0.1, 0.15) is 6.10 Å². The number of hydrogen-bond acceptors (Lipinski definition) is 10. The summed E-state index contributed by atoms with van der Waals surface area (Å²) in [6, 6.07) is 0. The second kappa shape index (κ2) is 22.0. The van der Waals surface area contributed by atoms with E-state index in [0.717, 1.165) is 64.3 Å². The zero-order chi connectivity index (χ0) is 34.1. The second-order valence-electron chi connectivity index (χ2n) is 13.6. The van der Waals surface area contributed by atoms with Crippen molar-refractivity contribution < 1.29 is 42.5 Å². The first kappa shape index (κ1) is 41.3. The van der Waals surface area contributed by atoms with Gasteiger partial charge in [-0.2, -0.15) is 5.06 Å². The quantitative estimate of drug-likeness (QED) is 0.102. The molecule has 2 aliphatic carbocycles. The van der Waals surface area contributed by atoms with Gasteiger partial charge >= 0.3 is 0 Å². The number of rotatable bonds is 19. The Kier molecular flexibility index (Phi) is 19.7. The Hall–Kier alpha value is -0.860. The maximum absolute atomic E-state index is 13.6. The molecule has 0 spiro atoms. The van der Waals surface area contributed by atoms with Gasteiger partial charge in [0.05, 0.1) is 41.5 Å². The van der Waals surface area contributed by atoms with E-state index in [2.05, 4.69) is 19.2 Å². The number of nitrogens with one attached hydrogen (secondary N) is 1. The minimum absolute atomic E-state index is 0.0115. The van der Waals surface area contributed by atoms with Crippen LogP contribution in [0.1, 0.15) is 104 Å². The summed E-state index contributed by atoms with van der Waals surface area (Å²) in [6.45, 7) is 8.00. The van der Waals surface area contributed by atoms with Gasteiger partial charge in [0.25, 0.3) is 0 Å². The van der Waals surface area contributed by atoms with Crippen molar-refractivity contribution in [2.45, 2.75) is 146 Å². The molecule has 11 nitrogen and oxygen atoms in total. The van der Waals surface area contributed by atoms with Crippen LogP contribution in [0.2, 0.25) is 0 Å². The second-order valence-corrected chi connectivity index (χ2v) is 15.9. The molecule has 0 aromatic carbocycles. The van der Waals surface area contributed by atoms with Crippen molar-refractivity contribution in [3.05, 3.63) is 0 Å². The third kappa shape index (κ3) is 12.9. The number of carbonyl (C=O) groups excluding carboxylic acids is 1. The van der Waals surface area contributed by atoms with Gasteiger partial charge in [0.2, 0.25) is 6.41 Å². The Morgan fingerprint density at radius 1 is 0.913 bits per heavy atom. The molecule has 1 heterocycles. The van der Waals surface area contributed by atoms with Crippen LogP contribution in [0.15, 0.2) is 0 Å². The maximum Gasteiger partial charge on any atom is 0.207 e. The van der Waals surface area contributed by atoms with Gasteiger partial charge in [-0.05, 0) is 76.0 Å². The fraction of sp³-hybridized carbons (Fsp3) is 0.971. The van der Waals surface area contributed by atoms with Crippen molar-refractivity contribution >= 4 is 16.2 Å². The van der Waals surface area contributed by atoms with E-state index in [4.69, 9.17) is 24.2 Å². The van der Waals surface area contributed by atoms with E-state index in [1.807, 2.05) is 6.92 Å². The van der Waals surface area contributed by atoms with Crippen LogP contribution in [0.4, 0.5) is 0 Å². The normalized spacial score (nSPS) is 33.4. The average Bonchev–Trinajstić information content (AvgIpc) is 3.53. The average molecular weight is 679 g/mol. The molecular formula is C34H66N2O9S. The number of aliphatic hydroxyl groups is 1. The maximum atomic E-state index is 13.6. The molecule has 0 radical (unpaired) electrons. The van der Waals surface area contributed by atoms with Crippen molar-refractivity contribution in [1.29, 1.82) is 0 Å². The van der Waals surface area contributed by atoms with Crippen molar-refractivity contribution in [2.75, 3.05) is 46.7 Å². The number of amides is 1. The van der Waals surface area contributed by atoms with Crippen molar-refractivity contribution in [3.8, 4) is 0 Å². The van der Waals surface area contributed by atoms with Crippen LogP contribution < -0.4 is 5.32 Å². The Labute approximate surface area is 279 Å². The van der Waals surface area contributed by atoms with Crippen LogP contribution in [0.25, 0.3) is 0 Å². The molecular weight excluding hydrogens is 612 g/mol. The fourth-order valence-electron chi connectivity index (χ4n) is 7.74. The lowest BCUT2D eigenvalue weighted by atomic mass is 9.74. The highest BCUT2D eigenvalue weighted by Crippen LogP contribution is 2.45. The molecule has 10 atom stereocenters. The molecule has 0 bridgehead atoms. The first-order valence-electron chi connectivity index (χ1n) is 17.9. The van der Waals surface area contributed by atoms with Crippen molar-refractivity contribution in [3.63, 3.8) is 0 Å². The van der Waals surface area contributed by atoms with Gasteiger partial charge in [-0.3, -0.25) is 4.79 Å². The molecule has 2 saturated carbocycles. The van der Waals surface area contributed by atoms with E-state index in [1.165, 1.54) is 5.06 Å². The minimum Gasteiger partial charge on any atom is -0.390 e. The monoisotopic (exact) mass is 678 g/mol. The Balaban J connectivity index is 0.000000942. The van der Waals surface area contributed by atoms with E-state index in [-0.39, 0.29) is 54.0 Å².